The van der Waals surface area contributed by atoms with E-state index in [4.69, 9.17) is 0 Å². The van der Waals surface area contributed by atoms with Crippen LogP contribution in [0.1, 0.15) is 86.5 Å². The Morgan fingerprint density at radius 2 is 1.33 bits per heavy atom. The van der Waals surface area contributed by atoms with Gasteiger partial charge >= 0.3 is 6.11 Å². The van der Waals surface area contributed by atoms with Crippen LogP contribution in [0.15, 0.2) is 60.7 Å². The molecule has 0 radical (unpaired) electrons. The van der Waals surface area contributed by atoms with Crippen LogP contribution in [0.5, 0.6) is 5.75 Å². The molecule has 1 saturated carbocycles. The summed E-state index contributed by atoms with van der Waals surface area (Å²) >= 11 is 0. The standard InChI is InChI=1S/C38H35F9O/c1-2-3-4-5-22-6-10-24(11-7-22)26-14-13-25(30(39)17-26)12-8-23-9-15-29(31(40)16-23)27-18-32(41)36(33(42)19-27)38(46,47)48-28-20-34(43)37(45)35(44)21-28/h9,13-22,24H,2-8,10-12H2,1H3. The van der Waals surface area contributed by atoms with Gasteiger partial charge in [0.05, 0.1) is 0 Å². The van der Waals surface area contributed by atoms with Crippen molar-refractivity contribution in [3.8, 4) is 16.9 Å². The van der Waals surface area contributed by atoms with Crippen LogP contribution >= 0.6 is 0 Å². The predicted molar refractivity (Wildman–Crippen MR) is 165 cm³/mol. The second kappa shape index (κ2) is 15.1. The van der Waals surface area contributed by atoms with E-state index in [9.17, 15) is 30.7 Å². The van der Waals surface area contributed by atoms with E-state index in [1.165, 1.54) is 37.8 Å². The van der Waals surface area contributed by atoms with Crippen molar-refractivity contribution in [2.45, 2.75) is 83.2 Å². The lowest BCUT2D eigenvalue weighted by atomic mass is 9.77. The topological polar surface area (TPSA) is 9.23 Å². The third-order valence-corrected chi connectivity index (χ3v) is 9.18. The number of benzene rings is 4. The van der Waals surface area contributed by atoms with Crippen LogP contribution in [-0.4, -0.2) is 0 Å². The van der Waals surface area contributed by atoms with Gasteiger partial charge in [-0.25, -0.2) is 30.7 Å². The lowest BCUT2D eigenvalue weighted by molar-refractivity contribution is -0.189. The van der Waals surface area contributed by atoms with Crippen molar-refractivity contribution >= 4 is 0 Å². The molecule has 0 bridgehead atoms. The molecule has 0 aliphatic heterocycles. The fourth-order valence-electron chi connectivity index (χ4n) is 6.51. The summed E-state index contributed by atoms with van der Waals surface area (Å²) in [6.45, 7) is 2.20. The lowest BCUT2D eigenvalue weighted by Gasteiger charge is -2.29. The maximum absolute atomic E-state index is 15.1. The minimum absolute atomic E-state index is 0.0953. The van der Waals surface area contributed by atoms with E-state index in [1.807, 2.05) is 6.07 Å². The van der Waals surface area contributed by atoms with Crippen molar-refractivity contribution in [3.63, 3.8) is 0 Å². The Kier molecular flexibility index (Phi) is 11.1. The Balaban J connectivity index is 1.23. The molecule has 0 unspecified atom stereocenters. The second-order valence-corrected chi connectivity index (χ2v) is 12.5. The Bertz CT molecular complexity index is 1700. The molecular weight excluding hydrogens is 643 g/mol. The van der Waals surface area contributed by atoms with Gasteiger partial charge in [-0.3, -0.25) is 0 Å². The first-order valence-electron chi connectivity index (χ1n) is 16.1. The van der Waals surface area contributed by atoms with Crippen LogP contribution in [0.2, 0.25) is 0 Å². The fourth-order valence-corrected chi connectivity index (χ4v) is 6.51. The summed E-state index contributed by atoms with van der Waals surface area (Å²) in [7, 11) is 0. The number of rotatable bonds is 12. The second-order valence-electron chi connectivity index (χ2n) is 12.5. The Labute approximate surface area is 273 Å². The van der Waals surface area contributed by atoms with Crippen LogP contribution in [0.4, 0.5) is 39.5 Å². The summed E-state index contributed by atoms with van der Waals surface area (Å²) in [5.74, 6) is -10.6. The third-order valence-electron chi connectivity index (χ3n) is 9.18. The molecule has 4 aromatic carbocycles. The van der Waals surface area contributed by atoms with E-state index in [2.05, 4.69) is 11.7 Å². The summed E-state index contributed by atoms with van der Waals surface area (Å²) in [6, 6.07) is 10.3. The summed E-state index contributed by atoms with van der Waals surface area (Å²) in [5, 5.41) is 0. The van der Waals surface area contributed by atoms with Gasteiger partial charge in [0, 0.05) is 17.7 Å². The van der Waals surface area contributed by atoms with Gasteiger partial charge in [0.2, 0.25) is 0 Å². The molecule has 48 heavy (non-hydrogen) atoms. The molecule has 4 aromatic rings. The number of halogens is 9. The van der Waals surface area contributed by atoms with E-state index < -0.39 is 57.9 Å². The van der Waals surface area contributed by atoms with Crippen LogP contribution in [0, 0.1) is 46.6 Å². The molecule has 0 aromatic heterocycles. The molecule has 0 atom stereocenters. The molecular formula is C38H35F9O. The molecule has 1 aliphatic rings. The molecule has 1 fully saturated rings. The highest BCUT2D eigenvalue weighted by Gasteiger charge is 2.41. The molecule has 0 N–H and O–H groups in total. The van der Waals surface area contributed by atoms with Crippen LogP contribution in [-0.2, 0) is 19.0 Å². The number of hydrogen-bond acceptors (Lipinski definition) is 1. The SMILES string of the molecule is CCCCCC1CCC(c2ccc(CCc3ccc(-c4cc(F)c(C(F)(F)Oc5cc(F)c(F)c(F)c5)c(F)c4)c(F)c3)c(F)c2)CC1. The minimum atomic E-state index is -4.77. The van der Waals surface area contributed by atoms with Gasteiger partial charge in [-0.15, -0.1) is 0 Å². The van der Waals surface area contributed by atoms with Gasteiger partial charge < -0.3 is 4.74 Å². The number of ether oxygens (including phenoxy) is 1. The van der Waals surface area contributed by atoms with Gasteiger partial charge in [0.25, 0.3) is 0 Å². The van der Waals surface area contributed by atoms with Crippen molar-refractivity contribution in [1.82, 2.24) is 0 Å². The fraction of sp³-hybridized carbons (Fsp3) is 0.368. The first kappa shape index (κ1) is 35.4. The molecule has 0 spiro atoms. The lowest BCUT2D eigenvalue weighted by Crippen LogP contribution is -2.25. The summed E-state index contributed by atoms with van der Waals surface area (Å²) < 4.78 is 133. The Morgan fingerprint density at radius 3 is 1.94 bits per heavy atom. The third kappa shape index (κ3) is 8.18. The molecule has 256 valence electrons. The number of unbranched alkanes of at least 4 members (excludes halogenated alkanes) is 2. The quantitative estimate of drug-likeness (QED) is 0.0823. The smallest absolute Gasteiger partial charge is 0.429 e. The van der Waals surface area contributed by atoms with E-state index in [-0.39, 0.29) is 36.4 Å². The molecule has 0 saturated heterocycles. The zero-order valence-electron chi connectivity index (χ0n) is 26.3. The number of hydrogen-bond donors (Lipinski definition) is 0. The monoisotopic (exact) mass is 678 g/mol. The largest absolute Gasteiger partial charge is 0.432 e. The highest BCUT2D eigenvalue weighted by atomic mass is 19.3. The zero-order valence-corrected chi connectivity index (χ0v) is 26.3. The predicted octanol–water partition coefficient (Wildman–Crippen LogP) is 12.1. The van der Waals surface area contributed by atoms with E-state index in [1.54, 1.807) is 12.1 Å². The number of aryl methyl sites for hydroxylation is 2. The highest BCUT2D eigenvalue weighted by molar-refractivity contribution is 5.65. The summed E-state index contributed by atoms with van der Waals surface area (Å²) in [4.78, 5) is 0. The van der Waals surface area contributed by atoms with E-state index in [0.717, 1.165) is 43.2 Å². The van der Waals surface area contributed by atoms with E-state index in [0.29, 0.717) is 29.2 Å². The summed E-state index contributed by atoms with van der Waals surface area (Å²) in [6.07, 6.45) is 5.19. The number of alkyl halides is 2. The Morgan fingerprint density at radius 1 is 0.667 bits per heavy atom. The van der Waals surface area contributed by atoms with Crippen LogP contribution in [0.3, 0.4) is 0 Å². The molecule has 0 heterocycles. The van der Waals surface area contributed by atoms with Gasteiger partial charge in [0.15, 0.2) is 17.5 Å². The highest BCUT2D eigenvalue weighted by Crippen LogP contribution is 2.40. The molecule has 1 aliphatic carbocycles. The maximum Gasteiger partial charge on any atom is 0.432 e. The van der Waals surface area contributed by atoms with Gasteiger partial charge in [-0.2, -0.15) is 8.78 Å². The molecule has 1 nitrogen and oxygen atoms in total. The summed E-state index contributed by atoms with van der Waals surface area (Å²) in [5.41, 5.74) is -0.624. The molecule has 10 heteroatoms. The average molecular weight is 679 g/mol. The zero-order chi connectivity index (χ0) is 34.6. The van der Waals surface area contributed by atoms with E-state index >= 15 is 8.78 Å². The minimum Gasteiger partial charge on any atom is -0.429 e. The van der Waals surface area contributed by atoms with Gasteiger partial charge in [-0.1, -0.05) is 56.9 Å². The Hall–Kier alpha value is -3.95. The molecule has 5 rings (SSSR count). The van der Waals surface area contributed by atoms with Crippen molar-refractivity contribution in [1.29, 1.82) is 0 Å². The van der Waals surface area contributed by atoms with Crippen LogP contribution < -0.4 is 4.74 Å². The molecule has 0 amide bonds. The maximum atomic E-state index is 15.1. The van der Waals surface area contributed by atoms with Crippen LogP contribution in [0.25, 0.3) is 11.1 Å². The van der Waals surface area contributed by atoms with Crippen molar-refractivity contribution in [2.75, 3.05) is 0 Å². The van der Waals surface area contributed by atoms with Crippen molar-refractivity contribution in [2.24, 2.45) is 5.92 Å². The first-order valence-corrected chi connectivity index (χ1v) is 16.1. The normalized spacial score (nSPS) is 16.7. The first-order chi connectivity index (χ1) is 22.9. The van der Waals surface area contributed by atoms with Gasteiger partial charge in [0.1, 0.15) is 34.6 Å². The van der Waals surface area contributed by atoms with Gasteiger partial charge in [-0.05, 0) is 96.9 Å². The average Bonchev–Trinajstić information content (AvgIpc) is 3.03. The van der Waals surface area contributed by atoms with Crippen molar-refractivity contribution < 1.29 is 44.3 Å². The van der Waals surface area contributed by atoms with Crippen molar-refractivity contribution in [3.05, 3.63) is 124 Å².